The Morgan fingerprint density at radius 3 is 2.35 bits per heavy atom. The van der Waals surface area contributed by atoms with E-state index in [4.69, 9.17) is 0 Å². The fraction of sp³-hybridized carbons (Fsp3) is 0.467. The Kier molecular flexibility index (Phi) is 6.21. The van der Waals surface area contributed by atoms with Crippen molar-refractivity contribution in [3.05, 3.63) is 29.8 Å². The first-order valence-corrected chi connectivity index (χ1v) is 7.99. The molecule has 1 unspecified atom stereocenters. The van der Waals surface area contributed by atoms with Gasteiger partial charge in [0.2, 0.25) is 10.0 Å². The van der Waals surface area contributed by atoms with Gasteiger partial charge in [0.1, 0.15) is 0 Å². The molecule has 1 N–H and O–H groups in total. The maximum Gasteiger partial charge on any atom is 0.242 e. The standard InChI is InChI=1S/C15H22N2O2S/c1-5-6-7-12-16-13(2)14-8-10-15(11-9-14)20(18,19)17(3)4/h8-11,13,16H,7,12H2,1-4H3. The number of rotatable bonds is 6. The van der Waals surface area contributed by atoms with Crippen LogP contribution in [-0.4, -0.2) is 33.4 Å². The molecule has 0 aliphatic heterocycles. The van der Waals surface area contributed by atoms with Gasteiger partial charge in [-0.1, -0.05) is 12.1 Å². The van der Waals surface area contributed by atoms with E-state index in [-0.39, 0.29) is 6.04 Å². The van der Waals surface area contributed by atoms with Crippen LogP contribution in [0.15, 0.2) is 29.2 Å². The Balaban J connectivity index is 2.73. The topological polar surface area (TPSA) is 49.4 Å². The van der Waals surface area contributed by atoms with Gasteiger partial charge in [-0.05, 0) is 31.5 Å². The zero-order valence-electron chi connectivity index (χ0n) is 12.5. The summed E-state index contributed by atoms with van der Waals surface area (Å²) in [4.78, 5) is 0.315. The molecule has 0 spiro atoms. The normalized spacial score (nSPS) is 12.8. The van der Waals surface area contributed by atoms with Gasteiger partial charge < -0.3 is 5.32 Å². The summed E-state index contributed by atoms with van der Waals surface area (Å²) in [5, 5.41) is 3.35. The molecule has 0 fully saturated rings. The highest BCUT2D eigenvalue weighted by Crippen LogP contribution is 2.17. The van der Waals surface area contributed by atoms with Gasteiger partial charge >= 0.3 is 0 Å². The second-order valence-corrected chi connectivity index (χ2v) is 6.86. The van der Waals surface area contributed by atoms with Gasteiger partial charge in [0.05, 0.1) is 4.90 Å². The van der Waals surface area contributed by atoms with E-state index in [1.807, 2.05) is 19.1 Å². The van der Waals surface area contributed by atoms with Crippen LogP contribution in [0.1, 0.15) is 31.9 Å². The first kappa shape index (κ1) is 16.7. The summed E-state index contributed by atoms with van der Waals surface area (Å²) in [5.41, 5.74) is 1.06. The number of benzene rings is 1. The Morgan fingerprint density at radius 2 is 1.85 bits per heavy atom. The molecule has 0 saturated carbocycles. The molecular formula is C15H22N2O2S. The molecule has 20 heavy (non-hydrogen) atoms. The summed E-state index contributed by atoms with van der Waals surface area (Å²) in [6.45, 7) is 4.70. The van der Waals surface area contributed by atoms with Crippen LogP contribution in [0, 0.1) is 11.8 Å². The monoisotopic (exact) mass is 294 g/mol. The number of sulfonamides is 1. The third kappa shape index (κ3) is 4.34. The fourth-order valence-corrected chi connectivity index (χ4v) is 2.63. The van der Waals surface area contributed by atoms with Crippen LogP contribution in [0.2, 0.25) is 0 Å². The van der Waals surface area contributed by atoms with Crippen molar-refractivity contribution in [3.63, 3.8) is 0 Å². The van der Waals surface area contributed by atoms with Crippen molar-refractivity contribution in [1.82, 2.24) is 9.62 Å². The van der Waals surface area contributed by atoms with E-state index in [0.717, 1.165) is 18.5 Å². The molecule has 1 aromatic rings. The maximum absolute atomic E-state index is 12.0. The van der Waals surface area contributed by atoms with Gasteiger partial charge in [-0.15, -0.1) is 11.8 Å². The van der Waals surface area contributed by atoms with Gasteiger partial charge in [-0.3, -0.25) is 0 Å². The molecule has 0 aliphatic carbocycles. The molecule has 0 saturated heterocycles. The Morgan fingerprint density at radius 1 is 1.25 bits per heavy atom. The molecule has 4 nitrogen and oxygen atoms in total. The van der Waals surface area contributed by atoms with Crippen molar-refractivity contribution < 1.29 is 8.42 Å². The van der Waals surface area contributed by atoms with E-state index in [1.165, 1.54) is 18.4 Å². The van der Waals surface area contributed by atoms with Gasteiger partial charge in [-0.2, -0.15) is 0 Å². The van der Waals surface area contributed by atoms with Gasteiger partial charge in [0.15, 0.2) is 0 Å². The van der Waals surface area contributed by atoms with Crippen LogP contribution in [0.25, 0.3) is 0 Å². The van der Waals surface area contributed by atoms with Crippen molar-refractivity contribution in [1.29, 1.82) is 0 Å². The van der Waals surface area contributed by atoms with Crippen molar-refractivity contribution in [2.75, 3.05) is 20.6 Å². The molecule has 0 aliphatic rings. The highest BCUT2D eigenvalue weighted by atomic mass is 32.2. The summed E-state index contributed by atoms with van der Waals surface area (Å²) in [6, 6.07) is 7.16. The molecule has 110 valence electrons. The molecule has 0 amide bonds. The van der Waals surface area contributed by atoms with Crippen LogP contribution in [-0.2, 0) is 10.0 Å². The predicted octanol–water partition coefficient (Wildman–Crippen LogP) is 2.00. The van der Waals surface area contributed by atoms with Crippen LogP contribution >= 0.6 is 0 Å². The lowest BCUT2D eigenvalue weighted by atomic mass is 10.1. The van der Waals surface area contributed by atoms with E-state index in [1.54, 1.807) is 12.1 Å². The third-order valence-electron chi connectivity index (χ3n) is 3.04. The van der Waals surface area contributed by atoms with E-state index in [9.17, 15) is 8.42 Å². The maximum atomic E-state index is 12.0. The second kappa shape index (κ2) is 7.44. The summed E-state index contributed by atoms with van der Waals surface area (Å²) >= 11 is 0. The summed E-state index contributed by atoms with van der Waals surface area (Å²) in [5.74, 6) is 5.85. The minimum Gasteiger partial charge on any atom is -0.309 e. The van der Waals surface area contributed by atoms with E-state index in [2.05, 4.69) is 24.1 Å². The van der Waals surface area contributed by atoms with Gasteiger partial charge in [0, 0.05) is 33.1 Å². The molecule has 0 heterocycles. The largest absolute Gasteiger partial charge is 0.309 e. The zero-order valence-corrected chi connectivity index (χ0v) is 13.3. The van der Waals surface area contributed by atoms with Gasteiger partial charge in [0.25, 0.3) is 0 Å². The molecular weight excluding hydrogens is 272 g/mol. The number of nitrogens with zero attached hydrogens (tertiary/aromatic N) is 1. The Hall–Kier alpha value is -1.35. The lowest BCUT2D eigenvalue weighted by Crippen LogP contribution is -2.22. The highest BCUT2D eigenvalue weighted by molar-refractivity contribution is 7.89. The quantitative estimate of drug-likeness (QED) is 0.645. The zero-order chi connectivity index (χ0) is 15.2. The number of hydrogen-bond acceptors (Lipinski definition) is 3. The van der Waals surface area contributed by atoms with Crippen LogP contribution in [0.3, 0.4) is 0 Å². The summed E-state index contributed by atoms with van der Waals surface area (Å²) in [6.07, 6.45) is 0.813. The van der Waals surface area contributed by atoms with Crippen LogP contribution in [0.4, 0.5) is 0 Å². The molecule has 1 aromatic carbocycles. The summed E-state index contributed by atoms with van der Waals surface area (Å²) < 4.78 is 25.1. The van der Waals surface area contributed by atoms with Crippen molar-refractivity contribution in [3.8, 4) is 11.8 Å². The Labute approximate surface area is 122 Å². The fourth-order valence-electron chi connectivity index (χ4n) is 1.73. The Bertz CT molecular complexity index is 581. The smallest absolute Gasteiger partial charge is 0.242 e. The molecule has 1 atom stereocenters. The lowest BCUT2D eigenvalue weighted by molar-refractivity contribution is 0.520. The lowest BCUT2D eigenvalue weighted by Gasteiger charge is -2.15. The summed E-state index contributed by atoms with van der Waals surface area (Å²) in [7, 11) is -0.289. The van der Waals surface area contributed by atoms with Gasteiger partial charge in [-0.25, -0.2) is 12.7 Å². The van der Waals surface area contributed by atoms with E-state index in [0.29, 0.717) is 4.90 Å². The van der Waals surface area contributed by atoms with Crippen molar-refractivity contribution in [2.45, 2.75) is 31.2 Å². The number of nitrogens with one attached hydrogen (secondary N) is 1. The van der Waals surface area contributed by atoms with Crippen LogP contribution < -0.4 is 5.32 Å². The van der Waals surface area contributed by atoms with Crippen LogP contribution in [0.5, 0.6) is 0 Å². The number of hydrogen-bond donors (Lipinski definition) is 1. The molecule has 1 rings (SSSR count). The highest BCUT2D eigenvalue weighted by Gasteiger charge is 2.17. The SMILES string of the molecule is CC#CCCNC(C)c1ccc(S(=O)(=O)N(C)C)cc1. The minimum absolute atomic E-state index is 0.171. The average molecular weight is 294 g/mol. The first-order chi connectivity index (χ1) is 9.39. The minimum atomic E-state index is -3.35. The molecule has 0 bridgehead atoms. The predicted molar refractivity (Wildman–Crippen MR) is 81.8 cm³/mol. The average Bonchev–Trinajstić information content (AvgIpc) is 2.43. The molecule has 5 heteroatoms. The molecule has 0 radical (unpaired) electrons. The first-order valence-electron chi connectivity index (χ1n) is 6.55. The van der Waals surface area contributed by atoms with Crippen molar-refractivity contribution in [2.24, 2.45) is 0 Å². The van der Waals surface area contributed by atoms with E-state index < -0.39 is 10.0 Å². The third-order valence-corrected chi connectivity index (χ3v) is 4.87. The van der Waals surface area contributed by atoms with E-state index >= 15 is 0 Å². The van der Waals surface area contributed by atoms with Crippen molar-refractivity contribution >= 4 is 10.0 Å². The molecule has 0 aromatic heterocycles. The second-order valence-electron chi connectivity index (χ2n) is 4.71.